The minimum absolute atomic E-state index is 0.0693. The highest BCUT2D eigenvalue weighted by Gasteiger charge is 2.20. The lowest BCUT2D eigenvalue weighted by Gasteiger charge is -2.36. The van der Waals surface area contributed by atoms with Gasteiger partial charge in [0.2, 0.25) is 11.9 Å². The smallest absolute Gasteiger partial charge is 0.334 e. The van der Waals surface area contributed by atoms with Crippen molar-refractivity contribution in [3.05, 3.63) is 79.5 Å². The molecular weight excluding hydrogens is 505 g/mol. The van der Waals surface area contributed by atoms with Crippen molar-refractivity contribution in [2.24, 2.45) is 0 Å². The summed E-state index contributed by atoms with van der Waals surface area (Å²) >= 11 is 12.7. The number of hydrogen-bond donors (Lipinski definition) is 2. The standard InChI is InChI=1S/C24H21Cl2N7O3/c1-14(34)31-8-10-32(11-9-31)19-7-6-15(12-18(19)26)28-23-27-13-16-21(29-23)30-24(36)33(22(16)35)20-5-3-2-4-17(20)25/h2-7,12-13H,8-11H2,1H3,(H2,27,28,29,30,36). The highest BCUT2D eigenvalue weighted by atomic mass is 35.5. The van der Waals surface area contributed by atoms with E-state index in [1.807, 2.05) is 17.0 Å². The van der Waals surface area contributed by atoms with Crippen LogP contribution in [0.5, 0.6) is 0 Å². The molecule has 12 heteroatoms. The quantitative estimate of drug-likeness (QED) is 0.420. The maximum atomic E-state index is 13.0. The number of nitrogens with one attached hydrogen (secondary N) is 2. The predicted octanol–water partition coefficient (Wildman–Crippen LogP) is 3.19. The highest BCUT2D eigenvalue weighted by molar-refractivity contribution is 6.33. The number of rotatable bonds is 4. The molecule has 1 fully saturated rings. The molecular formula is C24H21Cl2N7O3. The Kier molecular flexibility index (Phi) is 6.38. The highest BCUT2D eigenvalue weighted by Crippen LogP contribution is 2.30. The summed E-state index contributed by atoms with van der Waals surface area (Å²) in [5.74, 6) is 0.256. The van der Waals surface area contributed by atoms with Crippen molar-refractivity contribution in [3.63, 3.8) is 0 Å². The van der Waals surface area contributed by atoms with E-state index in [0.29, 0.717) is 36.9 Å². The third kappa shape index (κ3) is 4.52. The second-order valence-electron chi connectivity index (χ2n) is 8.26. The molecule has 0 spiro atoms. The second-order valence-corrected chi connectivity index (χ2v) is 9.08. The molecule has 2 aromatic carbocycles. The van der Waals surface area contributed by atoms with Crippen LogP contribution in [0, 0.1) is 0 Å². The van der Waals surface area contributed by atoms with E-state index < -0.39 is 11.2 Å². The fraction of sp³-hybridized carbons (Fsp3) is 0.208. The van der Waals surface area contributed by atoms with Gasteiger partial charge in [0.1, 0.15) is 5.39 Å². The molecule has 0 atom stereocenters. The minimum Gasteiger partial charge on any atom is -0.367 e. The molecule has 1 aliphatic heterocycles. The first-order chi connectivity index (χ1) is 17.3. The summed E-state index contributed by atoms with van der Waals surface area (Å²) < 4.78 is 0.954. The number of aromatic nitrogens is 4. The first-order valence-corrected chi connectivity index (χ1v) is 11.9. The zero-order valence-electron chi connectivity index (χ0n) is 19.2. The van der Waals surface area contributed by atoms with Gasteiger partial charge in [-0.05, 0) is 30.3 Å². The lowest BCUT2D eigenvalue weighted by Crippen LogP contribution is -2.48. The van der Waals surface area contributed by atoms with Crippen molar-refractivity contribution in [3.8, 4) is 5.69 Å². The maximum absolute atomic E-state index is 13.0. The monoisotopic (exact) mass is 525 g/mol. The van der Waals surface area contributed by atoms with Crippen LogP contribution in [0.2, 0.25) is 10.0 Å². The first-order valence-electron chi connectivity index (χ1n) is 11.2. The molecule has 1 aliphatic rings. The summed E-state index contributed by atoms with van der Waals surface area (Å²) in [7, 11) is 0. The van der Waals surface area contributed by atoms with E-state index in [4.69, 9.17) is 23.2 Å². The molecule has 0 aliphatic carbocycles. The van der Waals surface area contributed by atoms with Crippen molar-refractivity contribution in [1.82, 2.24) is 24.4 Å². The van der Waals surface area contributed by atoms with Crippen LogP contribution in [0.4, 0.5) is 17.3 Å². The number of anilines is 3. The fourth-order valence-electron chi connectivity index (χ4n) is 4.15. The van der Waals surface area contributed by atoms with Gasteiger partial charge in [-0.1, -0.05) is 35.3 Å². The van der Waals surface area contributed by atoms with Crippen molar-refractivity contribution >= 4 is 57.5 Å². The molecule has 0 saturated carbocycles. The van der Waals surface area contributed by atoms with E-state index in [2.05, 4.69) is 25.2 Å². The number of H-pyrrole nitrogens is 1. The average molecular weight is 526 g/mol. The number of carbonyl (C=O) groups is 1. The number of carbonyl (C=O) groups excluding carboxylic acids is 1. The number of hydrogen-bond acceptors (Lipinski definition) is 7. The number of aromatic amines is 1. The Labute approximate surface area is 215 Å². The predicted molar refractivity (Wildman–Crippen MR) is 140 cm³/mol. The van der Waals surface area contributed by atoms with Crippen LogP contribution in [0.3, 0.4) is 0 Å². The van der Waals surface area contributed by atoms with Gasteiger partial charge in [-0.2, -0.15) is 4.98 Å². The normalized spacial score (nSPS) is 13.8. The van der Waals surface area contributed by atoms with Crippen LogP contribution >= 0.6 is 23.2 Å². The summed E-state index contributed by atoms with van der Waals surface area (Å²) in [6.45, 7) is 4.25. The fourth-order valence-corrected chi connectivity index (χ4v) is 4.67. The Balaban J connectivity index is 1.39. The topological polar surface area (TPSA) is 116 Å². The number of halogens is 2. The number of amides is 1. The zero-order chi connectivity index (χ0) is 25.4. The molecule has 1 amide bonds. The number of benzene rings is 2. The van der Waals surface area contributed by atoms with Gasteiger partial charge in [0.15, 0.2) is 5.65 Å². The molecule has 2 N–H and O–H groups in total. The van der Waals surface area contributed by atoms with Gasteiger partial charge in [-0.15, -0.1) is 0 Å². The largest absolute Gasteiger partial charge is 0.367 e. The van der Waals surface area contributed by atoms with Gasteiger partial charge in [-0.25, -0.2) is 14.3 Å². The van der Waals surface area contributed by atoms with Crippen LogP contribution in [0.15, 0.2) is 58.3 Å². The Morgan fingerprint density at radius 1 is 1.00 bits per heavy atom. The van der Waals surface area contributed by atoms with E-state index >= 15 is 0 Å². The van der Waals surface area contributed by atoms with Gasteiger partial charge >= 0.3 is 5.69 Å². The maximum Gasteiger partial charge on any atom is 0.334 e. The first kappa shape index (κ1) is 23.8. The van der Waals surface area contributed by atoms with Crippen molar-refractivity contribution in [1.29, 1.82) is 0 Å². The summed E-state index contributed by atoms with van der Waals surface area (Å²) in [5, 5.41) is 3.99. The number of nitrogens with zero attached hydrogens (tertiary/aromatic N) is 5. The number of fused-ring (bicyclic) bond motifs is 1. The Morgan fingerprint density at radius 3 is 2.44 bits per heavy atom. The number of piperazine rings is 1. The van der Waals surface area contributed by atoms with E-state index in [1.54, 1.807) is 37.3 Å². The zero-order valence-corrected chi connectivity index (χ0v) is 20.7. The average Bonchev–Trinajstić information content (AvgIpc) is 2.85. The molecule has 4 aromatic rings. The molecule has 3 heterocycles. The Bertz CT molecular complexity index is 1590. The van der Waals surface area contributed by atoms with Crippen LogP contribution in [0.25, 0.3) is 16.7 Å². The third-order valence-corrected chi connectivity index (χ3v) is 6.64. The van der Waals surface area contributed by atoms with E-state index in [9.17, 15) is 14.4 Å². The Morgan fingerprint density at radius 2 is 1.75 bits per heavy atom. The van der Waals surface area contributed by atoms with Gasteiger partial charge in [-0.3, -0.25) is 14.6 Å². The van der Waals surface area contributed by atoms with E-state index in [1.165, 1.54) is 6.20 Å². The van der Waals surface area contributed by atoms with Crippen LogP contribution in [-0.4, -0.2) is 56.5 Å². The Hall–Kier alpha value is -3.89. The SMILES string of the molecule is CC(=O)N1CCN(c2ccc(Nc3ncc4c(=O)n(-c5ccccc5Cl)c(=O)[nH]c4n3)cc2Cl)CC1. The molecule has 0 unspecified atom stereocenters. The van der Waals surface area contributed by atoms with Crippen molar-refractivity contribution in [2.45, 2.75) is 6.92 Å². The van der Waals surface area contributed by atoms with Gasteiger partial charge < -0.3 is 15.1 Å². The minimum atomic E-state index is -0.664. The van der Waals surface area contributed by atoms with Gasteiger partial charge in [0.25, 0.3) is 5.56 Å². The summed E-state index contributed by atoms with van der Waals surface area (Å²) in [6, 6.07) is 12.0. The molecule has 2 aromatic heterocycles. The third-order valence-electron chi connectivity index (χ3n) is 6.01. The number of para-hydroxylation sites is 1. The molecule has 5 rings (SSSR count). The lowest BCUT2D eigenvalue weighted by atomic mass is 10.2. The molecule has 0 bridgehead atoms. The summed E-state index contributed by atoms with van der Waals surface area (Å²) in [6.07, 6.45) is 1.35. The van der Waals surface area contributed by atoms with Crippen LogP contribution in [-0.2, 0) is 4.79 Å². The summed E-state index contributed by atoms with van der Waals surface area (Å²) in [5.41, 5.74) is 0.628. The van der Waals surface area contributed by atoms with Gasteiger partial charge in [0.05, 0.1) is 21.4 Å². The van der Waals surface area contributed by atoms with Crippen molar-refractivity contribution < 1.29 is 4.79 Å². The van der Waals surface area contributed by atoms with Crippen LogP contribution < -0.4 is 21.5 Å². The molecule has 10 nitrogen and oxygen atoms in total. The summed E-state index contributed by atoms with van der Waals surface area (Å²) in [4.78, 5) is 52.4. The van der Waals surface area contributed by atoms with Crippen LogP contribution in [0.1, 0.15) is 6.92 Å². The van der Waals surface area contributed by atoms with Crippen molar-refractivity contribution in [2.75, 3.05) is 36.4 Å². The lowest BCUT2D eigenvalue weighted by molar-refractivity contribution is -0.129. The molecule has 0 radical (unpaired) electrons. The second kappa shape index (κ2) is 9.63. The molecule has 36 heavy (non-hydrogen) atoms. The van der Waals surface area contributed by atoms with Gasteiger partial charge in [0, 0.05) is 45.0 Å². The molecule has 1 saturated heterocycles. The molecule has 184 valence electrons. The van der Waals surface area contributed by atoms with E-state index in [0.717, 1.165) is 10.3 Å². The van der Waals surface area contributed by atoms with E-state index in [-0.39, 0.29) is 33.6 Å².